The van der Waals surface area contributed by atoms with Crippen molar-refractivity contribution in [2.75, 3.05) is 0 Å². The molecule has 0 fully saturated rings. The van der Waals surface area contributed by atoms with Crippen molar-refractivity contribution in [3.63, 3.8) is 0 Å². The van der Waals surface area contributed by atoms with Crippen LogP contribution in [0, 0.1) is 6.92 Å². The normalized spacial score (nSPS) is 8.14. The van der Waals surface area contributed by atoms with Crippen LogP contribution < -0.4 is 0 Å². The first-order valence-electron chi connectivity index (χ1n) is 2.74. The monoisotopic (exact) mass is 212 g/mol. The topological polar surface area (TPSA) is 164 Å². The van der Waals surface area contributed by atoms with E-state index >= 15 is 0 Å². The first-order chi connectivity index (χ1) is 5.79. The first-order valence-corrected chi connectivity index (χ1v) is 2.74. The van der Waals surface area contributed by atoms with Crippen LogP contribution in [0.5, 0.6) is 0 Å². The van der Waals surface area contributed by atoms with Crippen LogP contribution in [0.2, 0.25) is 0 Å². The van der Waals surface area contributed by atoms with Gasteiger partial charge >= 0.3 is 12.4 Å². The van der Waals surface area contributed by atoms with Crippen molar-refractivity contribution in [3.8, 4) is 0 Å². The average molecular weight is 212 g/mol. The molecule has 0 aromatic rings. The molecule has 14 heavy (non-hydrogen) atoms. The highest BCUT2D eigenvalue weighted by molar-refractivity contribution is 5.72. The largest absolute Gasteiger partial charge is 0.794 e. The maximum absolute atomic E-state index is 9.39. The molecule has 0 saturated heterocycles. The van der Waals surface area contributed by atoms with Gasteiger partial charge in [-0.3, -0.25) is 4.79 Å². The number of aliphatic hydroxyl groups is 1. The molecule has 6 N–H and O–H groups in total. The van der Waals surface area contributed by atoms with Crippen molar-refractivity contribution >= 4 is 18.4 Å². The van der Waals surface area contributed by atoms with Gasteiger partial charge in [-0.25, -0.2) is 9.90 Å². The van der Waals surface area contributed by atoms with Crippen molar-refractivity contribution in [1.82, 2.24) is 0 Å². The van der Waals surface area contributed by atoms with Crippen LogP contribution in [0.3, 0.4) is 0 Å². The van der Waals surface area contributed by atoms with E-state index in [-0.39, 0.29) is 5.48 Å². The number of aliphatic hydroxyl groups excluding tert-OH is 2. The lowest BCUT2D eigenvalue weighted by molar-refractivity contribution is -0.144. The van der Waals surface area contributed by atoms with Crippen LogP contribution in [0.1, 0.15) is 6.92 Å². The lowest BCUT2D eigenvalue weighted by Crippen LogP contribution is -2.14. The van der Waals surface area contributed by atoms with Gasteiger partial charge in [0.1, 0.15) is 6.92 Å². The molecule has 0 aromatic carbocycles. The molecule has 0 saturated carbocycles. The summed E-state index contributed by atoms with van der Waals surface area (Å²) in [6.45, 7) is 4.38. The summed E-state index contributed by atoms with van der Waals surface area (Å²) in [6.07, 6.45) is -1.48. The molecule has 0 bridgehead atoms. The van der Waals surface area contributed by atoms with Crippen LogP contribution >= 0.6 is 0 Å². The summed E-state index contributed by atoms with van der Waals surface area (Å²) < 4.78 is 0. The van der Waals surface area contributed by atoms with Gasteiger partial charge in [0.2, 0.25) is 0 Å². The van der Waals surface area contributed by atoms with Gasteiger partial charge in [0.15, 0.2) is 0 Å². The summed E-state index contributed by atoms with van der Waals surface area (Å²) in [5.41, 5.74) is 0. The number of carboxylic acid groups (broad SMARTS) is 2. The van der Waals surface area contributed by atoms with E-state index in [0.717, 1.165) is 6.92 Å². The Balaban J connectivity index is -0.0000000553. The Hall–Kier alpha value is -1.89. The minimum atomic E-state index is -1.48. The molecule has 1 atom stereocenters. The SMILES string of the molecule is CC(=O)O.O.O=[C+]O.[CH2+]C(O)C(=O)O. The van der Waals surface area contributed by atoms with E-state index in [1.54, 1.807) is 0 Å². The average Bonchev–Trinajstić information content (AvgIpc) is 1.87. The van der Waals surface area contributed by atoms with E-state index < -0.39 is 18.0 Å². The van der Waals surface area contributed by atoms with Crippen molar-refractivity contribution in [3.05, 3.63) is 6.92 Å². The maximum Gasteiger partial charge on any atom is 0.794 e. The summed E-state index contributed by atoms with van der Waals surface area (Å²) in [4.78, 5) is 26.6. The molecule has 0 spiro atoms. The number of carbonyl (C=O) groups is 2. The Bertz CT molecular complexity index is 148. The van der Waals surface area contributed by atoms with Gasteiger partial charge in [-0.2, -0.15) is 0 Å². The Morgan fingerprint density at radius 2 is 1.43 bits per heavy atom. The first kappa shape index (κ1) is 22.7. The van der Waals surface area contributed by atoms with E-state index in [2.05, 4.69) is 6.92 Å². The molecule has 0 aliphatic carbocycles. The molecular weight excluding hydrogens is 200 g/mol. The molecule has 1 unspecified atom stereocenters. The fourth-order valence-corrected chi connectivity index (χ4v) is 0. The Kier molecular flexibility index (Phi) is 28.0. The zero-order chi connectivity index (χ0) is 11.4. The molecule has 0 rings (SSSR count). The third-order valence-corrected chi connectivity index (χ3v) is 0.285. The Morgan fingerprint density at radius 1 is 1.36 bits per heavy atom. The number of aliphatic carboxylic acids is 2. The Morgan fingerprint density at radius 3 is 1.43 bits per heavy atom. The minimum Gasteiger partial charge on any atom is -0.481 e. The molecular formula is C6H12O8+2. The van der Waals surface area contributed by atoms with Gasteiger partial charge in [-0.1, -0.05) is 0 Å². The smallest absolute Gasteiger partial charge is 0.481 e. The number of rotatable bonds is 1. The van der Waals surface area contributed by atoms with Gasteiger partial charge in [0.05, 0.1) is 4.79 Å². The zero-order valence-corrected chi connectivity index (χ0v) is 7.30. The summed E-state index contributed by atoms with van der Waals surface area (Å²) in [5, 5.41) is 29.8. The zero-order valence-electron chi connectivity index (χ0n) is 7.30. The van der Waals surface area contributed by atoms with Crippen LogP contribution in [0.15, 0.2) is 0 Å². The van der Waals surface area contributed by atoms with Gasteiger partial charge in [-0.05, 0) is 0 Å². The van der Waals surface area contributed by atoms with E-state index in [9.17, 15) is 4.79 Å². The van der Waals surface area contributed by atoms with Crippen LogP contribution in [-0.2, 0) is 14.4 Å². The van der Waals surface area contributed by atoms with Gasteiger partial charge < -0.3 is 20.8 Å². The fourth-order valence-electron chi connectivity index (χ4n) is 0. The molecule has 8 nitrogen and oxygen atoms in total. The van der Waals surface area contributed by atoms with E-state index in [4.69, 9.17) is 30.0 Å². The van der Waals surface area contributed by atoms with Crippen molar-refractivity contribution in [1.29, 1.82) is 0 Å². The van der Waals surface area contributed by atoms with E-state index in [0.29, 0.717) is 6.47 Å². The van der Waals surface area contributed by atoms with Crippen molar-refractivity contribution in [2.24, 2.45) is 0 Å². The molecule has 0 aromatic heterocycles. The lowest BCUT2D eigenvalue weighted by atomic mass is 10.4. The summed E-state index contributed by atoms with van der Waals surface area (Å²) in [7, 11) is 0. The molecule has 8 heteroatoms. The summed E-state index contributed by atoms with van der Waals surface area (Å²) >= 11 is 0. The number of hydrogen-bond donors (Lipinski definition) is 4. The highest BCUT2D eigenvalue weighted by atomic mass is 16.4. The van der Waals surface area contributed by atoms with E-state index in [1.807, 2.05) is 0 Å². The lowest BCUT2D eigenvalue weighted by Gasteiger charge is -1.81. The molecule has 0 heterocycles. The highest BCUT2D eigenvalue weighted by Gasteiger charge is 2.10. The minimum absolute atomic E-state index is 0. The third-order valence-electron chi connectivity index (χ3n) is 0.285. The Labute approximate surface area is 79.7 Å². The predicted octanol–water partition coefficient (Wildman–Crippen LogP) is -1.86. The van der Waals surface area contributed by atoms with Gasteiger partial charge in [0.25, 0.3) is 12.1 Å². The van der Waals surface area contributed by atoms with E-state index in [1.165, 1.54) is 0 Å². The summed E-state index contributed by atoms with van der Waals surface area (Å²) in [5.74, 6) is -2.13. The van der Waals surface area contributed by atoms with Crippen LogP contribution in [0.4, 0.5) is 0 Å². The number of hydrogen-bond acceptors (Lipinski definition) is 4. The van der Waals surface area contributed by atoms with Gasteiger partial charge in [0, 0.05) is 6.92 Å². The van der Waals surface area contributed by atoms with Crippen LogP contribution in [-0.4, -0.2) is 50.4 Å². The van der Waals surface area contributed by atoms with Crippen molar-refractivity contribution in [2.45, 2.75) is 13.0 Å². The second-order valence-corrected chi connectivity index (χ2v) is 1.46. The van der Waals surface area contributed by atoms with Gasteiger partial charge in [-0.15, -0.1) is 0 Å². The predicted molar refractivity (Wildman–Crippen MR) is 44.2 cm³/mol. The standard InChI is InChI=1S/C3H4O3.C2H4O2.CHO2.H2O/c1-2(4)3(5)6;1-2(3)4;2-1-3;/h2,4H,1H2;1H3,(H,3,4);(H,2,3);1H2/q;;+1;/p+1. The highest BCUT2D eigenvalue weighted by Crippen LogP contribution is 1.72. The number of carboxylic acids is 2. The van der Waals surface area contributed by atoms with Crippen LogP contribution in [0.25, 0.3) is 0 Å². The molecule has 82 valence electrons. The second-order valence-electron chi connectivity index (χ2n) is 1.46. The second kappa shape index (κ2) is 17.3. The maximum atomic E-state index is 9.39. The third kappa shape index (κ3) is 188. The molecule has 0 radical (unpaired) electrons. The fraction of sp³-hybridized carbons (Fsp3) is 0.333. The molecule has 0 aliphatic heterocycles. The summed E-state index contributed by atoms with van der Waals surface area (Å²) in [6, 6.07) is 0. The van der Waals surface area contributed by atoms with Crippen molar-refractivity contribution < 1.29 is 40.3 Å². The quantitative estimate of drug-likeness (QED) is 0.370. The molecule has 0 aliphatic rings. The molecule has 0 amide bonds.